The highest BCUT2D eigenvalue weighted by Gasteiger charge is 2.03. The predicted octanol–water partition coefficient (Wildman–Crippen LogP) is 4.55. The molecule has 0 saturated carbocycles. The van der Waals surface area contributed by atoms with Gasteiger partial charge in [0.25, 0.3) is 0 Å². The van der Waals surface area contributed by atoms with Gasteiger partial charge in [0.2, 0.25) is 5.91 Å². The van der Waals surface area contributed by atoms with Gasteiger partial charge in [0.1, 0.15) is 0 Å². The van der Waals surface area contributed by atoms with E-state index < -0.39 is 0 Å². The highest BCUT2D eigenvalue weighted by atomic mass is 79.9. The van der Waals surface area contributed by atoms with Crippen LogP contribution in [0.25, 0.3) is 0 Å². The van der Waals surface area contributed by atoms with Crippen molar-refractivity contribution in [1.82, 2.24) is 0 Å². The average Bonchev–Trinajstić information content (AvgIpc) is 2.53. The first kappa shape index (κ1) is 16.5. The molecule has 0 aromatic heterocycles. The van der Waals surface area contributed by atoms with Crippen molar-refractivity contribution in [3.8, 4) is 0 Å². The number of hydrogen-bond acceptors (Lipinski definition) is 3. The van der Waals surface area contributed by atoms with Crippen molar-refractivity contribution in [3.05, 3.63) is 70.7 Å². The zero-order chi connectivity index (χ0) is 15.9. The molecule has 0 bridgehead atoms. The molecule has 1 N–H and O–H groups in total. The third-order valence-corrected chi connectivity index (χ3v) is 4.11. The largest absolute Gasteiger partial charge is 0.322 e. The fraction of sp³-hybridized carbons (Fsp3) is 0.0588. The summed E-state index contributed by atoms with van der Waals surface area (Å²) in [6.45, 7) is 0. The molecule has 2 rings (SSSR count). The summed E-state index contributed by atoms with van der Waals surface area (Å²) in [7, 11) is 0. The van der Waals surface area contributed by atoms with E-state index in [1.54, 1.807) is 36.0 Å². The van der Waals surface area contributed by atoms with Crippen LogP contribution in [0.4, 0.5) is 5.69 Å². The summed E-state index contributed by atoms with van der Waals surface area (Å²) in [6, 6.07) is 14.5. The quantitative estimate of drug-likeness (QED) is 0.473. The fourth-order valence-corrected chi connectivity index (χ4v) is 2.47. The minimum absolute atomic E-state index is 0.208. The second-order valence-electron chi connectivity index (χ2n) is 4.43. The molecule has 0 fully saturated rings. The molecule has 0 spiro atoms. The summed E-state index contributed by atoms with van der Waals surface area (Å²) in [5.74, 6) is -0.538. The minimum atomic E-state index is -0.330. The molecule has 0 unspecified atom stereocenters. The Bertz CT molecular complexity index is 711. The maximum absolute atomic E-state index is 11.9. The number of amides is 1. The first-order chi connectivity index (χ1) is 10.6. The van der Waals surface area contributed by atoms with Gasteiger partial charge in [-0.15, -0.1) is 11.8 Å². The fourth-order valence-electron chi connectivity index (χ4n) is 1.75. The Labute approximate surface area is 141 Å². The molecule has 0 saturated heterocycles. The first-order valence-corrected chi connectivity index (χ1v) is 8.53. The molecular weight excluding hydrogens is 362 g/mol. The topological polar surface area (TPSA) is 46.2 Å². The number of anilines is 1. The number of nitrogens with one attached hydrogen (secondary N) is 1. The number of benzene rings is 2. The lowest BCUT2D eigenvalue weighted by molar-refractivity contribution is -0.111. The number of thioether (sulfide) groups is 1. The zero-order valence-corrected chi connectivity index (χ0v) is 14.3. The van der Waals surface area contributed by atoms with E-state index in [-0.39, 0.29) is 11.7 Å². The molecule has 112 valence electrons. The molecule has 1 amide bonds. The van der Waals surface area contributed by atoms with Crippen molar-refractivity contribution < 1.29 is 9.59 Å². The maximum Gasteiger partial charge on any atom is 0.248 e. The van der Waals surface area contributed by atoms with Gasteiger partial charge < -0.3 is 5.32 Å². The molecule has 0 radical (unpaired) electrons. The third-order valence-electron chi connectivity index (χ3n) is 2.85. The van der Waals surface area contributed by atoms with Crippen LogP contribution in [0.1, 0.15) is 10.4 Å². The van der Waals surface area contributed by atoms with Crippen LogP contribution in [0.3, 0.4) is 0 Å². The first-order valence-electron chi connectivity index (χ1n) is 6.51. The predicted molar refractivity (Wildman–Crippen MR) is 94.5 cm³/mol. The van der Waals surface area contributed by atoms with E-state index >= 15 is 0 Å². The normalized spacial score (nSPS) is 10.6. The molecule has 0 aliphatic carbocycles. The molecule has 0 atom stereocenters. The Balaban J connectivity index is 1.98. The summed E-state index contributed by atoms with van der Waals surface area (Å²) in [6.07, 6.45) is 4.49. The highest BCUT2D eigenvalue weighted by Crippen LogP contribution is 2.18. The second-order valence-corrected chi connectivity index (χ2v) is 6.22. The van der Waals surface area contributed by atoms with Gasteiger partial charge in [-0.05, 0) is 54.8 Å². The molecule has 2 aromatic carbocycles. The van der Waals surface area contributed by atoms with Crippen molar-refractivity contribution in [2.45, 2.75) is 4.90 Å². The van der Waals surface area contributed by atoms with Gasteiger partial charge in [0.05, 0.1) is 0 Å². The Kier molecular flexibility index (Phi) is 5.98. The van der Waals surface area contributed by atoms with Gasteiger partial charge in [0.15, 0.2) is 5.78 Å². The van der Waals surface area contributed by atoms with E-state index in [0.29, 0.717) is 11.3 Å². The molecular formula is C17H14BrNO2S. The standard InChI is InChI=1S/C17H14BrNO2S/c1-22-15-4-2-3-14(11-15)19-17(21)10-9-16(20)12-5-7-13(18)8-6-12/h2-11H,1H3,(H,19,21)/b10-9+. The Morgan fingerprint density at radius 1 is 1.09 bits per heavy atom. The van der Waals surface area contributed by atoms with Gasteiger partial charge in [-0.1, -0.05) is 22.0 Å². The van der Waals surface area contributed by atoms with E-state index in [4.69, 9.17) is 0 Å². The molecule has 3 nitrogen and oxygen atoms in total. The Morgan fingerprint density at radius 3 is 2.50 bits per heavy atom. The van der Waals surface area contributed by atoms with Crippen LogP contribution in [0.15, 0.2) is 70.1 Å². The SMILES string of the molecule is CSc1cccc(NC(=O)/C=C/C(=O)c2ccc(Br)cc2)c1. The number of allylic oxidation sites excluding steroid dienone is 1. The van der Waals surface area contributed by atoms with Gasteiger partial charge in [-0.2, -0.15) is 0 Å². The van der Waals surface area contributed by atoms with E-state index in [9.17, 15) is 9.59 Å². The minimum Gasteiger partial charge on any atom is -0.322 e. The lowest BCUT2D eigenvalue weighted by Crippen LogP contribution is -2.08. The average molecular weight is 376 g/mol. The summed E-state index contributed by atoms with van der Waals surface area (Å²) in [5, 5.41) is 2.73. The van der Waals surface area contributed by atoms with Crippen molar-refractivity contribution >= 4 is 45.1 Å². The number of ketones is 1. The van der Waals surface area contributed by atoms with Gasteiger partial charge in [-0.3, -0.25) is 9.59 Å². The van der Waals surface area contributed by atoms with E-state index in [1.807, 2.05) is 30.5 Å². The molecule has 0 aliphatic heterocycles. The van der Waals surface area contributed by atoms with Crippen LogP contribution in [0.2, 0.25) is 0 Å². The van der Waals surface area contributed by atoms with E-state index in [2.05, 4.69) is 21.2 Å². The third kappa shape index (κ3) is 4.86. The van der Waals surface area contributed by atoms with Crippen molar-refractivity contribution in [2.24, 2.45) is 0 Å². The second kappa shape index (κ2) is 7.96. The monoisotopic (exact) mass is 375 g/mol. The number of halogens is 1. The van der Waals surface area contributed by atoms with Crippen LogP contribution in [0, 0.1) is 0 Å². The lowest BCUT2D eigenvalue weighted by Gasteiger charge is -2.03. The molecule has 2 aromatic rings. The summed E-state index contributed by atoms with van der Waals surface area (Å²) < 4.78 is 0.902. The van der Waals surface area contributed by atoms with Crippen LogP contribution >= 0.6 is 27.7 Å². The number of rotatable bonds is 5. The Hall–Kier alpha value is -1.85. The maximum atomic E-state index is 11.9. The lowest BCUT2D eigenvalue weighted by atomic mass is 10.1. The van der Waals surface area contributed by atoms with Gasteiger partial charge in [0, 0.05) is 26.7 Å². The van der Waals surface area contributed by atoms with E-state index in [1.165, 1.54) is 12.2 Å². The summed E-state index contributed by atoms with van der Waals surface area (Å²) in [5.41, 5.74) is 1.24. The van der Waals surface area contributed by atoms with Gasteiger partial charge >= 0.3 is 0 Å². The molecule has 0 aliphatic rings. The van der Waals surface area contributed by atoms with Crippen LogP contribution < -0.4 is 5.32 Å². The zero-order valence-electron chi connectivity index (χ0n) is 11.9. The number of carbonyl (C=O) groups excluding carboxylic acids is 2. The van der Waals surface area contributed by atoms with Crippen molar-refractivity contribution in [2.75, 3.05) is 11.6 Å². The number of carbonyl (C=O) groups is 2. The Morgan fingerprint density at radius 2 is 1.82 bits per heavy atom. The van der Waals surface area contributed by atoms with Crippen molar-refractivity contribution in [3.63, 3.8) is 0 Å². The van der Waals surface area contributed by atoms with E-state index in [0.717, 1.165) is 9.37 Å². The summed E-state index contributed by atoms with van der Waals surface area (Å²) >= 11 is 4.91. The summed E-state index contributed by atoms with van der Waals surface area (Å²) in [4.78, 5) is 24.8. The van der Waals surface area contributed by atoms with Crippen LogP contribution in [-0.2, 0) is 4.79 Å². The van der Waals surface area contributed by atoms with Crippen LogP contribution in [0.5, 0.6) is 0 Å². The molecule has 22 heavy (non-hydrogen) atoms. The smallest absolute Gasteiger partial charge is 0.248 e. The van der Waals surface area contributed by atoms with Crippen LogP contribution in [-0.4, -0.2) is 17.9 Å². The van der Waals surface area contributed by atoms with Crippen molar-refractivity contribution in [1.29, 1.82) is 0 Å². The molecule has 0 heterocycles. The number of hydrogen-bond donors (Lipinski definition) is 1. The highest BCUT2D eigenvalue weighted by molar-refractivity contribution is 9.10. The van der Waals surface area contributed by atoms with Gasteiger partial charge in [-0.25, -0.2) is 0 Å². The molecule has 5 heteroatoms.